The Hall–Kier alpha value is -1.97. The monoisotopic (exact) mass is 438 g/mol. The van der Waals surface area contributed by atoms with Crippen LogP contribution in [0.1, 0.15) is 12.7 Å². The molecule has 0 aliphatic carbocycles. The standard InChI is InChI=1S/C16H11BrN2O4S2/c1-2-18-15(20)14(25-16(18)24)8-10-4-6-13(23-10)11-5-3-9(19(21)22)7-12(11)17/h3-8H,2H2,1H3/b14-8+. The smallest absolute Gasteiger partial charge is 0.270 e. The quantitative estimate of drug-likeness (QED) is 0.294. The lowest BCUT2D eigenvalue weighted by molar-refractivity contribution is -0.384. The van der Waals surface area contributed by atoms with Crippen molar-refractivity contribution in [2.24, 2.45) is 0 Å². The third kappa shape index (κ3) is 3.53. The van der Waals surface area contributed by atoms with Crippen LogP contribution in [0.5, 0.6) is 0 Å². The van der Waals surface area contributed by atoms with Crippen LogP contribution in [0.4, 0.5) is 5.69 Å². The van der Waals surface area contributed by atoms with Crippen LogP contribution in [0, 0.1) is 10.1 Å². The van der Waals surface area contributed by atoms with E-state index in [4.69, 9.17) is 16.6 Å². The first-order valence-corrected chi connectivity index (χ1v) is 9.22. The van der Waals surface area contributed by atoms with Crippen LogP contribution in [0.3, 0.4) is 0 Å². The van der Waals surface area contributed by atoms with Crippen LogP contribution in [0.2, 0.25) is 0 Å². The molecule has 25 heavy (non-hydrogen) atoms. The highest BCUT2D eigenvalue weighted by Crippen LogP contribution is 2.35. The van der Waals surface area contributed by atoms with Gasteiger partial charge in [0.1, 0.15) is 15.8 Å². The van der Waals surface area contributed by atoms with Gasteiger partial charge in [0, 0.05) is 34.8 Å². The van der Waals surface area contributed by atoms with E-state index in [1.54, 1.807) is 24.3 Å². The summed E-state index contributed by atoms with van der Waals surface area (Å²) in [6.07, 6.45) is 1.65. The summed E-state index contributed by atoms with van der Waals surface area (Å²) < 4.78 is 6.85. The minimum atomic E-state index is -0.460. The predicted octanol–water partition coefficient (Wildman–Crippen LogP) is 4.84. The van der Waals surface area contributed by atoms with E-state index in [0.717, 1.165) is 0 Å². The number of nitrogens with zero attached hydrogens (tertiary/aromatic N) is 2. The lowest BCUT2D eigenvalue weighted by atomic mass is 10.1. The van der Waals surface area contributed by atoms with Crippen LogP contribution in [-0.2, 0) is 4.79 Å². The van der Waals surface area contributed by atoms with E-state index in [-0.39, 0.29) is 11.6 Å². The highest BCUT2D eigenvalue weighted by atomic mass is 79.9. The van der Waals surface area contributed by atoms with Crippen LogP contribution in [0.15, 0.2) is 44.1 Å². The highest BCUT2D eigenvalue weighted by Gasteiger charge is 2.30. The molecule has 1 aliphatic heterocycles. The van der Waals surface area contributed by atoms with E-state index in [1.807, 2.05) is 6.92 Å². The number of hydrogen-bond acceptors (Lipinski definition) is 6. The van der Waals surface area contributed by atoms with Crippen LogP contribution in [-0.4, -0.2) is 26.6 Å². The summed E-state index contributed by atoms with van der Waals surface area (Å²) in [5.41, 5.74) is 0.678. The third-order valence-corrected chi connectivity index (χ3v) is 5.55. The Morgan fingerprint density at radius 1 is 1.40 bits per heavy atom. The number of benzene rings is 1. The maximum absolute atomic E-state index is 12.2. The Kier molecular flexibility index (Phi) is 5.07. The average molecular weight is 439 g/mol. The molecular weight excluding hydrogens is 428 g/mol. The Bertz CT molecular complexity index is 923. The maximum Gasteiger partial charge on any atom is 0.270 e. The number of halogens is 1. The maximum atomic E-state index is 12.2. The molecule has 1 aromatic heterocycles. The van der Waals surface area contributed by atoms with Gasteiger partial charge < -0.3 is 4.42 Å². The number of nitro benzene ring substituents is 1. The molecule has 1 saturated heterocycles. The second kappa shape index (κ2) is 7.11. The molecule has 0 bridgehead atoms. The van der Waals surface area contributed by atoms with Crippen molar-refractivity contribution in [2.75, 3.05) is 6.54 Å². The molecule has 0 spiro atoms. The number of likely N-dealkylation sites (N-methyl/N-ethyl adjacent to an activating group) is 1. The van der Waals surface area contributed by atoms with Crippen LogP contribution in [0.25, 0.3) is 17.4 Å². The minimum Gasteiger partial charge on any atom is -0.457 e. The van der Waals surface area contributed by atoms with E-state index in [1.165, 1.54) is 28.8 Å². The van der Waals surface area contributed by atoms with Crippen LogP contribution >= 0.6 is 39.9 Å². The Labute approximate surface area is 161 Å². The topological polar surface area (TPSA) is 76.6 Å². The van der Waals surface area contributed by atoms with E-state index in [9.17, 15) is 14.9 Å². The van der Waals surface area contributed by atoms with Crippen molar-refractivity contribution in [2.45, 2.75) is 6.92 Å². The zero-order valence-electron chi connectivity index (χ0n) is 12.9. The van der Waals surface area contributed by atoms with Gasteiger partial charge in [-0.1, -0.05) is 24.0 Å². The zero-order chi connectivity index (χ0) is 18.1. The number of amides is 1. The Morgan fingerprint density at radius 3 is 2.76 bits per heavy atom. The number of rotatable bonds is 4. The van der Waals surface area contributed by atoms with E-state index >= 15 is 0 Å². The van der Waals surface area contributed by atoms with Crippen LogP contribution < -0.4 is 0 Å². The van der Waals surface area contributed by atoms with Crippen molar-refractivity contribution in [3.8, 4) is 11.3 Å². The molecule has 3 rings (SSSR count). The second-order valence-electron chi connectivity index (χ2n) is 5.05. The van der Waals surface area contributed by atoms with Crippen molar-refractivity contribution >= 4 is 61.9 Å². The molecule has 1 aromatic carbocycles. The van der Waals surface area contributed by atoms with Gasteiger partial charge in [-0.3, -0.25) is 19.8 Å². The Morgan fingerprint density at radius 2 is 2.16 bits per heavy atom. The third-order valence-electron chi connectivity index (χ3n) is 3.52. The summed E-state index contributed by atoms with van der Waals surface area (Å²) in [4.78, 5) is 24.6. The molecule has 9 heteroatoms. The largest absolute Gasteiger partial charge is 0.457 e. The van der Waals surface area contributed by atoms with Crippen molar-refractivity contribution in [3.63, 3.8) is 0 Å². The number of furan rings is 1. The first-order valence-electron chi connectivity index (χ1n) is 7.20. The molecule has 0 radical (unpaired) electrons. The van der Waals surface area contributed by atoms with Crippen molar-refractivity contribution in [1.82, 2.24) is 4.90 Å². The number of thioether (sulfide) groups is 1. The fraction of sp³-hybridized carbons (Fsp3) is 0.125. The summed E-state index contributed by atoms with van der Waals surface area (Å²) >= 11 is 9.74. The molecule has 0 N–H and O–H groups in total. The number of hydrogen-bond donors (Lipinski definition) is 0. The number of carbonyl (C=O) groups excluding carboxylic acids is 1. The van der Waals surface area contributed by atoms with Gasteiger partial charge in [-0.2, -0.15) is 0 Å². The lowest BCUT2D eigenvalue weighted by Gasteiger charge is -2.09. The first-order chi connectivity index (χ1) is 11.9. The molecule has 128 valence electrons. The second-order valence-corrected chi connectivity index (χ2v) is 7.58. The normalized spacial score (nSPS) is 16.1. The number of thiocarbonyl (C=S) groups is 1. The molecule has 2 heterocycles. The van der Waals surface area contributed by atoms with Crippen molar-refractivity contribution in [1.29, 1.82) is 0 Å². The first kappa shape index (κ1) is 17.8. The molecule has 2 aromatic rings. The van der Waals surface area contributed by atoms with Gasteiger partial charge >= 0.3 is 0 Å². The molecule has 0 unspecified atom stereocenters. The van der Waals surface area contributed by atoms with Gasteiger partial charge in [0.2, 0.25) is 0 Å². The zero-order valence-corrected chi connectivity index (χ0v) is 16.1. The molecular formula is C16H11BrN2O4S2. The lowest BCUT2D eigenvalue weighted by Crippen LogP contribution is -2.27. The molecule has 1 aliphatic rings. The molecule has 1 fully saturated rings. The molecule has 0 saturated carbocycles. The van der Waals surface area contributed by atoms with Crippen molar-refractivity contribution in [3.05, 3.63) is 55.6 Å². The summed E-state index contributed by atoms with van der Waals surface area (Å²) in [6, 6.07) is 7.93. The summed E-state index contributed by atoms with van der Waals surface area (Å²) in [5.74, 6) is 0.919. The fourth-order valence-corrected chi connectivity index (χ4v) is 4.22. The summed E-state index contributed by atoms with van der Waals surface area (Å²) in [5, 5.41) is 10.8. The summed E-state index contributed by atoms with van der Waals surface area (Å²) in [7, 11) is 0. The fourth-order valence-electron chi connectivity index (χ4n) is 2.29. The number of non-ortho nitro benzene ring substituents is 1. The van der Waals surface area contributed by atoms with Gasteiger partial charge in [-0.25, -0.2) is 0 Å². The van der Waals surface area contributed by atoms with Gasteiger partial charge in [0.05, 0.1) is 9.83 Å². The average Bonchev–Trinajstić information content (AvgIpc) is 3.12. The van der Waals surface area contributed by atoms with E-state index < -0.39 is 4.92 Å². The van der Waals surface area contributed by atoms with Gasteiger partial charge in [0.15, 0.2) is 0 Å². The van der Waals surface area contributed by atoms with E-state index in [2.05, 4.69) is 15.9 Å². The highest BCUT2D eigenvalue weighted by molar-refractivity contribution is 9.10. The number of nitro groups is 1. The molecule has 1 amide bonds. The molecule has 0 atom stereocenters. The summed E-state index contributed by atoms with van der Waals surface area (Å²) in [6.45, 7) is 2.39. The molecule has 6 nitrogen and oxygen atoms in total. The van der Waals surface area contributed by atoms with E-state index in [0.29, 0.717) is 37.3 Å². The number of carbonyl (C=O) groups is 1. The Balaban J connectivity index is 1.89. The van der Waals surface area contributed by atoms with Gasteiger partial charge in [-0.05, 0) is 41.1 Å². The van der Waals surface area contributed by atoms with Gasteiger partial charge in [0.25, 0.3) is 11.6 Å². The minimum absolute atomic E-state index is 0.00866. The van der Waals surface area contributed by atoms with Gasteiger partial charge in [-0.15, -0.1) is 0 Å². The predicted molar refractivity (Wildman–Crippen MR) is 104 cm³/mol. The SMILES string of the molecule is CCN1C(=O)/C(=C\c2ccc(-c3ccc([N+](=O)[O-])cc3Br)o2)SC1=S. The van der Waals surface area contributed by atoms with Crippen molar-refractivity contribution < 1.29 is 14.1 Å².